The number of nitrogens with one attached hydrogen (secondary N) is 2. The number of carbonyl (C=O) groups is 1. The molecule has 1 fully saturated rings. The lowest BCUT2D eigenvalue weighted by atomic mass is 9.90. The molecule has 0 radical (unpaired) electrons. The second kappa shape index (κ2) is 7.49. The van der Waals surface area contributed by atoms with Gasteiger partial charge in [0.1, 0.15) is 0 Å². The number of rotatable bonds is 6. The zero-order chi connectivity index (χ0) is 16.9. The van der Waals surface area contributed by atoms with Crippen molar-refractivity contribution in [3.63, 3.8) is 0 Å². The summed E-state index contributed by atoms with van der Waals surface area (Å²) in [7, 11) is 3.94. The van der Waals surface area contributed by atoms with Gasteiger partial charge >= 0.3 is 0 Å². The Morgan fingerprint density at radius 3 is 2.88 bits per heavy atom. The van der Waals surface area contributed by atoms with Gasteiger partial charge in [-0.05, 0) is 17.7 Å². The van der Waals surface area contributed by atoms with E-state index in [1.165, 1.54) is 0 Å². The van der Waals surface area contributed by atoms with Gasteiger partial charge in [0.2, 0.25) is 5.91 Å². The highest BCUT2D eigenvalue weighted by atomic mass is 16.1. The molecule has 2 aromatic rings. The summed E-state index contributed by atoms with van der Waals surface area (Å²) >= 11 is 0. The number of hydrogen-bond acceptors (Lipinski definition) is 4. The number of aromatic nitrogens is 2. The molecule has 1 aliphatic rings. The van der Waals surface area contributed by atoms with Crippen molar-refractivity contribution >= 4 is 11.6 Å². The lowest BCUT2D eigenvalue weighted by molar-refractivity contribution is -0.124. The van der Waals surface area contributed by atoms with E-state index in [0.29, 0.717) is 6.54 Å². The average molecular weight is 327 g/mol. The molecular weight excluding hydrogens is 302 g/mol. The Morgan fingerprint density at radius 2 is 2.17 bits per heavy atom. The molecule has 0 unspecified atom stereocenters. The van der Waals surface area contributed by atoms with Crippen LogP contribution in [0.15, 0.2) is 42.7 Å². The van der Waals surface area contributed by atoms with Crippen LogP contribution in [0.3, 0.4) is 0 Å². The predicted molar refractivity (Wildman–Crippen MR) is 95.0 cm³/mol. The van der Waals surface area contributed by atoms with Crippen LogP contribution < -0.4 is 15.5 Å². The molecule has 24 heavy (non-hydrogen) atoms. The molecular formula is C18H25N5O. The first-order valence-corrected chi connectivity index (χ1v) is 8.38. The van der Waals surface area contributed by atoms with Gasteiger partial charge in [-0.15, -0.1) is 0 Å². The maximum Gasteiger partial charge on any atom is 0.225 e. The van der Waals surface area contributed by atoms with Crippen molar-refractivity contribution in [2.24, 2.45) is 13.0 Å². The minimum Gasteiger partial charge on any atom is -0.373 e. The normalized spacial score (nSPS) is 20.1. The lowest BCUT2D eigenvalue weighted by Crippen LogP contribution is -2.38. The van der Waals surface area contributed by atoms with Gasteiger partial charge in [-0.25, -0.2) is 0 Å². The van der Waals surface area contributed by atoms with Crippen molar-refractivity contribution in [2.45, 2.75) is 5.92 Å². The van der Waals surface area contributed by atoms with Gasteiger partial charge in [-0.1, -0.05) is 18.2 Å². The summed E-state index contributed by atoms with van der Waals surface area (Å²) in [6, 6.07) is 10.2. The molecule has 2 atom stereocenters. The van der Waals surface area contributed by atoms with Crippen LogP contribution in [-0.2, 0) is 11.8 Å². The van der Waals surface area contributed by atoms with Gasteiger partial charge in [0.25, 0.3) is 0 Å². The Hall–Kier alpha value is -2.34. The van der Waals surface area contributed by atoms with Crippen molar-refractivity contribution in [1.82, 2.24) is 20.4 Å². The summed E-state index contributed by atoms with van der Waals surface area (Å²) in [5, 5.41) is 10.6. The number of benzene rings is 1. The smallest absolute Gasteiger partial charge is 0.225 e. The second-order valence-electron chi connectivity index (χ2n) is 6.37. The van der Waals surface area contributed by atoms with Crippen molar-refractivity contribution in [3.05, 3.63) is 48.3 Å². The third kappa shape index (κ3) is 3.76. The topological polar surface area (TPSA) is 62.2 Å². The molecule has 0 spiro atoms. The van der Waals surface area contributed by atoms with Crippen LogP contribution in [0.1, 0.15) is 11.5 Å². The molecule has 2 N–H and O–H groups in total. The first kappa shape index (κ1) is 16.5. The first-order chi connectivity index (χ1) is 11.6. The Kier molecular flexibility index (Phi) is 5.15. The molecule has 6 heteroatoms. The number of likely N-dealkylation sites (N-methyl/N-ethyl adjacent to an activating group) is 1. The van der Waals surface area contributed by atoms with Gasteiger partial charge in [-0.3, -0.25) is 9.48 Å². The summed E-state index contributed by atoms with van der Waals surface area (Å²) in [6.45, 7) is 2.97. The van der Waals surface area contributed by atoms with E-state index in [9.17, 15) is 4.79 Å². The van der Waals surface area contributed by atoms with Crippen LogP contribution in [0.25, 0.3) is 0 Å². The summed E-state index contributed by atoms with van der Waals surface area (Å²) in [4.78, 5) is 14.7. The lowest BCUT2D eigenvalue weighted by Gasteiger charge is -2.21. The highest BCUT2D eigenvalue weighted by molar-refractivity contribution is 5.80. The van der Waals surface area contributed by atoms with E-state index in [0.717, 1.165) is 30.9 Å². The van der Waals surface area contributed by atoms with E-state index in [4.69, 9.17) is 0 Å². The van der Waals surface area contributed by atoms with E-state index < -0.39 is 0 Å². The van der Waals surface area contributed by atoms with E-state index in [1.54, 1.807) is 4.68 Å². The Morgan fingerprint density at radius 1 is 1.38 bits per heavy atom. The molecule has 1 amide bonds. The Labute approximate surface area is 142 Å². The summed E-state index contributed by atoms with van der Waals surface area (Å²) < 4.78 is 1.79. The molecule has 0 bridgehead atoms. The van der Waals surface area contributed by atoms with Gasteiger partial charge in [-0.2, -0.15) is 5.10 Å². The number of hydrogen-bond donors (Lipinski definition) is 2. The first-order valence-electron chi connectivity index (χ1n) is 8.38. The maximum atomic E-state index is 12.6. The molecule has 3 rings (SSSR count). The SMILES string of the molecule is CN(CCNC(=O)[C@H]1CNC[C@@H]1c1cnn(C)c1)c1ccccc1. The monoisotopic (exact) mass is 327 g/mol. The largest absolute Gasteiger partial charge is 0.373 e. The molecule has 1 saturated heterocycles. The van der Waals surface area contributed by atoms with Crippen LogP contribution in [0.2, 0.25) is 0 Å². The van der Waals surface area contributed by atoms with E-state index in [1.807, 2.05) is 44.7 Å². The quantitative estimate of drug-likeness (QED) is 0.830. The summed E-state index contributed by atoms with van der Waals surface area (Å²) in [6.07, 6.45) is 3.86. The van der Waals surface area contributed by atoms with Gasteiger partial charge in [0.05, 0.1) is 12.1 Å². The zero-order valence-electron chi connectivity index (χ0n) is 14.3. The van der Waals surface area contributed by atoms with Crippen molar-refractivity contribution in [2.75, 3.05) is 38.1 Å². The van der Waals surface area contributed by atoms with Crippen LogP contribution in [0.4, 0.5) is 5.69 Å². The highest BCUT2D eigenvalue weighted by Gasteiger charge is 2.34. The average Bonchev–Trinajstić information content (AvgIpc) is 3.24. The molecule has 0 saturated carbocycles. The molecule has 6 nitrogen and oxygen atoms in total. The summed E-state index contributed by atoms with van der Waals surface area (Å²) in [5.41, 5.74) is 2.28. The van der Waals surface area contributed by atoms with Crippen LogP contribution in [0.5, 0.6) is 0 Å². The fourth-order valence-electron chi connectivity index (χ4n) is 3.23. The number of amides is 1. The van der Waals surface area contributed by atoms with Crippen LogP contribution in [0, 0.1) is 5.92 Å². The van der Waals surface area contributed by atoms with Gasteiger partial charge in [0.15, 0.2) is 0 Å². The molecule has 128 valence electrons. The fraction of sp³-hybridized carbons (Fsp3) is 0.444. The fourth-order valence-corrected chi connectivity index (χ4v) is 3.23. The highest BCUT2D eigenvalue weighted by Crippen LogP contribution is 2.27. The van der Waals surface area contributed by atoms with Crippen molar-refractivity contribution in [3.8, 4) is 0 Å². The van der Waals surface area contributed by atoms with Crippen LogP contribution >= 0.6 is 0 Å². The Balaban J connectivity index is 1.51. The minimum atomic E-state index is -0.0313. The Bertz CT molecular complexity index is 669. The second-order valence-corrected chi connectivity index (χ2v) is 6.37. The molecule has 1 aromatic carbocycles. The minimum absolute atomic E-state index is 0.0313. The van der Waals surface area contributed by atoms with E-state index in [-0.39, 0.29) is 17.7 Å². The third-order valence-electron chi connectivity index (χ3n) is 4.65. The van der Waals surface area contributed by atoms with Crippen molar-refractivity contribution < 1.29 is 4.79 Å². The number of nitrogens with zero attached hydrogens (tertiary/aromatic N) is 3. The van der Waals surface area contributed by atoms with E-state index in [2.05, 4.69) is 32.8 Å². The molecule has 0 aliphatic carbocycles. The number of anilines is 1. The van der Waals surface area contributed by atoms with Crippen LogP contribution in [-0.4, -0.2) is 48.9 Å². The van der Waals surface area contributed by atoms with Gasteiger partial charge in [0, 0.05) is 58.1 Å². The standard InChI is InChI=1S/C18H25N5O/c1-22(15-6-4-3-5-7-15)9-8-20-18(24)17-12-19-11-16(17)14-10-21-23(2)13-14/h3-7,10,13,16-17,19H,8-9,11-12H2,1-2H3,(H,20,24)/t16-,17+/m1/s1. The molecule has 1 aliphatic heterocycles. The maximum absolute atomic E-state index is 12.6. The number of carbonyl (C=O) groups excluding carboxylic acids is 1. The number of para-hydroxylation sites is 1. The summed E-state index contributed by atoms with van der Waals surface area (Å²) in [5.74, 6) is 0.289. The predicted octanol–water partition coefficient (Wildman–Crippen LogP) is 0.976. The molecule has 1 aromatic heterocycles. The van der Waals surface area contributed by atoms with Crippen molar-refractivity contribution in [1.29, 1.82) is 0 Å². The third-order valence-corrected chi connectivity index (χ3v) is 4.65. The van der Waals surface area contributed by atoms with Gasteiger partial charge < -0.3 is 15.5 Å². The zero-order valence-corrected chi connectivity index (χ0v) is 14.3. The number of aryl methyl sites for hydroxylation is 1. The molecule has 2 heterocycles. The van der Waals surface area contributed by atoms with E-state index >= 15 is 0 Å².